The summed E-state index contributed by atoms with van der Waals surface area (Å²) in [6.07, 6.45) is 1.56. The molecule has 2 aromatic rings. The van der Waals surface area contributed by atoms with Gasteiger partial charge in [0, 0.05) is 30.7 Å². The van der Waals surface area contributed by atoms with Crippen LogP contribution >= 0.6 is 0 Å². The molecule has 0 fully saturated rings. The summed E-state index contributed by atoms with van der Waals surface area (Å²) in [5.74, 6) is 2.21. The zero-order valence-corrected chi connectivity index (χ0v) is 15.3. The minimum Gasteiger partial charge on any atom is -0.493 e. The zero-order valence-electron chi connectivity index (χ0n) is 15.3. The van der Waals surface area contributed by atoms with Crippen LogP contribution in [0.2, 0.25) is 0 Å². The Labute approximate surface area is 148 Å². The van der Waals surface area contributed by atoms with Crippen molar-refractivity contribution >= 4 is 5.91 Å². The molecule has 6 nitrogen and oxygen atoms in total. The normalized spacial score (nSPS) is 16.4. The maximum absolute atomic E-state index is 12.4. The summed E-state index contributed by atoms with van der Waals surface area (Å²) in [5.41, 5.74) is 3.35. The molecule has 1 aromatic carbocycles. The van der Waals surface area contributed by atoms with E-state index in [4.69, 9.17) is 9.15 Å². The molecule has 1 N–H and O–H groups in total. The number of hydrogen-bond donors (Lipinski definition) is 1. The summed E-state index contributed by atoms with van der Waals surface area (Å²) in [7, 11) is 0. The second kappa shape index (κ2) is 7.25. The molecular weight excluding hydrogens is 318 g/mol. The number of rotatable bonds is 5. The Morgan fingerprint density at radius 1 is 1.32 bits per heavy atom. The average molecular weight is 343 g/mol. The number of aromatic nitrogens is 2. The third-order valence-corrected chi connectivity index (χ3v) is 4.35. The lowest BCUT2D eigenvalue weighted by molar-refractivity contribution is -0.122. The third-order valence-electron chi connectivity index (χ3n) is 4.35. The van der Waals surface area contributed by atoms with Crippen LogP contribution in [0.15, 0.2) is 16.5 Å². The van der Waals surface area contributed by atoms with E-state index < -0.39 is 0 Å². The predicted molar refractivity (Wildman–Crippen MR) is 93.6 cm³/mol. The van der Waals surface area contributed by atoms with Crippen molar-refractivity contribution in [1.29, 1.82) is 0 Å². The molecule has 0 unspecified atom stereocenters. The van der Waals surface area contributed by atoms with Crippen molar-refractivity contribution in [3.05, 3.63) is 40.6 Å². The Morgan fingerprint density at radius 3 is 2.84 bits per heavy atom. The molecule has 0 saturated carbocycles. The second-order valence-corrected chi connectivity index (χ2v) is 6.95. The van der Waals surface area contributed by atoms with Crippen molar-refractivity contribution < 1.29 is 13.9 Å². The van der Waals surface area contributed by atoms with E-state index in [1.165, 1.54) is 5.56 Å². The lowest BCUT2D eigenvalue weighted by Crippen LogP contribution is -2.32. The van der Waals surface area contributed by atoms with Crippen molar-refractivity contribution in [3.8, 4) is 5.75 Å². The first-order chi connectivity index (χ1) is 11.9. The van der Waals surface area contributed by atoms with Gasteiger partial charge in [-0.25, -0.2) is 0 Å². The molecule has 134 valence electrons. The zero-order chi connectivity index (χ0) is 18.0. The van der Waals surface area contributed by atoms with Gasteiger partial charge in [0.05, 0.1) is 12.6 Å². The van der Waals surface area contributed by atoms with Crippen LogP contribution in [0.3, 0.4) is 0 Å². The smallest absolute Gasteiger partial charge is 0.220 e. The van der Waals surface area contributed by atoms with Crippen molar-refractivity contribution in [1.82, 2.24) is 15.5 Å². The van der Waals surface area contributed by atoms with Crippen LogP contribution in [0, 0.1) is 13.8 Å². The van der Waals surface area contributed by atoms with Crippen LogP contribution < -0.4 is 10.1 Å². The second-order valence-electron chi connectivity index (χ2n) is 6.95. The molecule has 1 atom stereocenters. The van der Waals surface area contributed by atoms with Gasteiger partial charge in [0.2, 0.25) is 17.7 Å². The molecule has 1 aliphatic heterocycles. The summed E-state index contributed by atoms with van der Waals surface area (Å²) in [6, 6.07) is 4.19. The minimum atomic E-state index is -0.0127. The summed E-state index contributed by atoms with van der Waals surface area (Å²) < 4.78 is 11.3. The van der Waals surface area contributed by atoms with Crippen LogP contribution in [0.5, 0.6) is 5.75 Å². The molecule has 25 heavy (non-hydrogen) atoms. The van der Waals surface area contributed by atoms with Gasteiger partial charge in [-0.05, 0) is 19.4 Å². The number of carbonyl (C=O) groups is 1. The Hall–Kier alpha value is -2.37. The monoisotopic (exact) mass is 343 g/mol. The molecule has 1 aromatic heterocycles. The Balaban J connectivity index is 1.62. The Morgan fingerprint density at radius 2 is 2.12 bits per heavy atom. The van der Waals surface area contributed by atoms with Crippen LogP contribution in [0.1, 0.15) is 67.1 Å². The number of hydrogen-bond acceptors (Lipinski definition) is 5. The van der Waals surface area contributed by atoms with Gasteiger partial charge >= 0.3 is 0 Å². The molecule has 1 aliphatic rings. The lowest BCUT2D eigenvalue weighted by atomic mass is 9.95. The van der Waals surface area contributed by atoms with Gasteiger partial charge in [-0.3, -0.25) is 4.79 Å². The molecule has 0 aliphatic carbocycles. The Kier molecular flexibility index (Phi) is 5.06. The van der Waals surface area contributed by atoms with Crippen molar-refractivity contribution in [2.45, 2.75) is 58.9 Å². The van der Waals surface area contributed by atoms with E-state index in [-0.39, 0.29) is 17.9 Å². The fraction of sp³-hybridized carbons (Fsp3) is 0.526. The van der Waals surface area contributed by atoms with Crippen LogP contribution in [-0.4, -0.2) is 22.7 Å². The van der Waals surface area contributed by atoms with Crippen molar-refractivity contribution in [3.63, 3.8) is 0 Å². The fourth-order valence-electron chi connectivity index (χ4n) is 3.12. The van der Waals surface area contributed by atoms with Crippen LogP contribution in [0.4, 0.5) is 0 Å². The molecule has 3 rings (SSSR count). The van der Waals surface area contributed by atoms with Gasteiger partial charge in [-0.1, -0.05) is 31.5 Å². The number of nitrogens with zero attached hydrogens (tertiary/aromatic N) is 2. The molecule has 0 radical (unpaired) electrons. The highest BCUT2D eigenvalue weighted by atomic mass is 16.5. The van der Waals surface area contributed by atoms with E-state index in [9.17, 15) is 4.79 Å². The molecule has 2 heterocycles. The number of benzene rings is 1. The number of nitrogens with one attached hydrogen (secondary N) is 1. The number of ether oxygens (including phenoxy) is 1. The van der Waals surface area contributed by atoms with Gasteiger partial charge < -0.3 is 14.5 Å². The highest BCUT2D eigenvalue weighted by molar-refractivity contribution is 5.76. The van der Waals surface area contributed by atoms with Gasteiger partial charge in [-0.15, -0.1) is 10.2 Å². The molecular formula is C19H25N3O3. The first-order valence-corrected chi connectivity index (χ1v) is 8.79. The first kappa shape index (κ1) is 17.5. The van der Waals surface area contributed by atoms with Crippen molar-refractivity contribution in [2.24, 2.45) is 0 Å². The quantitative estimate of drug-likeness (QED) is 0.900. The van der Waals surface area contributed by atoms with Crippen LogP contribution in [-0.2, 0) is 11.2 Å². The molecule has 6 heteroatoms. The molecule has 0 saturated heterocycles. The number of carbonyl (C=O) groups excluding carboxylic acids is 1. The molecule has 0 spiro atoms. The third kappa shape index (κ3) is 4.00. The van der Waals surface area contributed by atoms with E-state index >= 15 is 0 Å². The highest BCUT2D eigenvalue weighted by Gasteiger charge is 2.24. The predicted octanol–water partition coefficient (Wildman–Crippen LogP) is 3.38. The number of aryl methyl sites for hydroxylation is 3. The molecule has 1 amide bonds. The van der Waals surface area contributed by atoms with Gasteiger partial charge in [0.1, 0.15) is 5.75 Å². The van der Waals surface area contributed by atoms with Crippen LogP contribution in [0.25, 0.3) is 0 Å². The van der Waals surface area contributed by atoms with Gasteiger partial charge in [0.15, 0.2) is 0 Å². The van der Waals surface area contributed by atoms with E-state index in [0.29, 0.717) is 31.2 Å². The average Bonchev–Trinajstić information content (AvgIpc) is 3.03. The topological polar surface area (TPSA) is 77.3 Å². The van der Waals surface area contributed by atoms with E-state index in [1.807, 2.05) is 20.8 Å². The minimum absolute atomic E-state index is 0.0104. The summed E-state index contributed by atoms with van der Waals surface area (Å²) in [4.78, 5) is 12.4. The standard InChI is InChI=1S/C19H25N3O3/c1-11(2)19-22-21-17(25-19)6-5-16(23)20-15-7-8-24-18-13(4)9-12(3)10-14(15)18/h9-11,15H,5-8H2,1-4H3,(H,20,23)/t15-/m0/s1. The lowest BCUT2D eigenvalue weighted by Gasteiger charge is -2.28. The maximum atomic E-state index is 12.4. The first-order valence-electron chi connectivity index (χ1n) is 8.79. The fourth-order valence-corrected chi connectivity index (χ4v) is 3.12. The summed E-state index contributed by atoms with van der Waals surface area (Å²) >= 11 is 0. The maximum Gasteiger partial charge on any atom is 0.220 e. The van der Waals surface area contributed by atoms with E-state index in [0.717, 1.165) is 23.3 Å². The van der Waals surface area contributed by atoms with E-state index in [1.54, 1.807) is 0 Å². The van der Waals surface area contributed by atoms with Crippen molar-refractivity contribution in [2.75, 3.05) is 6.61 Å². The van der Waals surface area contributed by atoms with Gasteiger partial charge in [0.25, 0.3) is 0 Å². The SMILES string of the molecule is Cc1cc(C)c2c(c1)[C@@H](NC(=O)CCc1nnc(C(C)C)o1)CCO2. The highest BCUT2D eigenvalue weighted by Crippen LogP contribution is 2.35. The molecule has 0 bridgehead atoms. The van der Waals surface area contributed by atoms with Gasteiger partial charge in [-0.2, -0.15) is 0 Å². The number of fused-ring (bicyclic) bond motifs is 1. The van der Waals surface area contributed by atoms with E-state index in [2.05, 4.69) is 34.6 Å². The number of amides is 1. The summed E-state index contributed by atoms with van der Waals surface area (Å²) in [5, 5.41) is 11.1. The Bertz CT molecular complexity index is 767. The largest absolute Gasteiger partial charge is 0.493 e. The summed E-state index contributed by atoms with van der Waals surface area (Å²) in [6.45, 7) is 8.71.